The van der Waals surface area contributed by atoms with Gasteiger partial charge in [0.15, 0.2) is 11.6 Å². The Hall–Kier alpha value is -2.62. The van der Waals surface area contributed by atoms with Gasteiger partial charge in [-0.2, -0.15) is 0 Å². The molecule has 2 N–H and O–H groups in total. The molecule has 0 atom stereocenters. The Bertz CT molecular complexity index is 718. The van der Waals surface area contributed by atoms with E-state index in [9.17, 15) is 4.39 Å². The SMILES string of the molecule is Nc1cccc(F)c1Oc1ccnc2ccccc12. The molecule has 4 heteroatoms. The molecule has 0 fully saturated rings. The molecule has 0 saturated heterocycles. The lowest BCUT2D eigenvalue weighted by Crippen LogP contribution is -1.95. The van der Waals surface area contributed by atoms with Crippen molar-refractivity contribution >= 4 is 16.6 Å². The molecular weight excluding hydrogens is 243 g/mol. The van der Waals surface area contributed by atoms with Crippen LogP contribution in [0.5, 0.6) is 11.5 Å². The van der Waals surface area contributed by atoms with E-state index in [2.05, 4.69) is 4.98 Å². The summed E-state index contributed by atoms with van der Waals surface area (Å²) in [6.07, 6.45) is 1.62. The zero-order valence-corrected chi connectivity index (χ0v) is 10.0. The summed E-state index contributed by atoms with van der Waals surface area (Å²) in [5.74, 6) is 0.0853. The molecule has 3 rings (SSSR count). The Morgan fingerprint density at radius 3 is 2.68 bits per heavy atom. The lowest BCUT2D eigenvalue weighted by Gasteiger charge is -2.11. The molecule has 3 nitrogen and oxygen atoms in total. The van der Waals surface area contributed by atoms with Gasteiger partial charge >= 0.3 is 0 Å². The number of nitrogens with two attached hydrogens (primary N) is 1. The van der Waals surface area contributed by atoms with Crippen LogP contribution in [0.3, 0.4) is 0 Å². The number of benzene rings is 2. The maximum Gasteiger partial charge on any atom is 0.185 e. The zero-order chi connectivity index (χ0) is 13.2. The van der Waals surface area contributed by atoms with Crippen LogP contribution in [-0.2, 0) is 0 Å². The highest BCUT2D eigenvalue weighted by molar-refractivity contribution is 5.85. The zero-order valence-electron chi connectivity index (χ0n) is 10.0. The number of rotatable bonds is 2. The highest BCUT2D eigenvalue weighted by Crippen LogP contribution is 2.33. The Morgan fingerprint density at radius 2 is 1.84 bits per heavy atom. The average Bonchev–Trinajstić information content (AvgIpc) is 2.43. The number of nitrogens with zero attached hydrogens (tertiary/aromatic N) is 1. The summed E-state index contributed by atoms with van der Waals surface area (Å²) in [6, 6.07) is 13.6. The second-order valence-corrected chi connectivity index (χ2v) is 4.09. The van der Waals surface area contributed by atoms with Crippen LogP contribution < -0.4 is 10.5 Å². The first kappa shape index (κ1) is 11.5. The van der Waals surface area contributed by atoms with Crippen molar-refractivity contribution in [3.8, 4) is 11.5 Å². The molecule has 0 aliphatic heterocycles. The summed E-state index contributed by atoms with van der Waals surface area (Å²) in [7, 11) is 0. The summed E-state index contributed by atoms with van der Waals surface area (Å²) >= 11 is 0. The van der Waals surface area contributed by atoms with Gasteiger partial charge in [-0.3, -0.25) is 4.98 Å². The van der Waals surface area contributed by atoms with Gasteiger partial charge in [0.25, 0.3) is 0 Å². The summed E-state index contributed by atoms with van der Waals surface area (Å²) in [6.45, 7) is 0. The summed E-state index contributed by atoms with van der Waals surface area (Å²) < 4.78 is 19.3. The number of ether oxygens (including phenoxy) is 1. The maximum atomic E-state index is 13.7. The standard InChI is InChI=1S/C15H11FN2O/c16-11-5-3-6-12(17)15(11)19-14-8-9-18-13-7-2-1-4-10(13)14/h1-9H,17H2. The van der Waals surface area contributed by atoms with Gasteiger partial charge in [0.05, 0.1) is 11.2 Å². The van der Waals surface area contributed by atoms with Gasteiger partial charge in [0.2, 0.25) is 0 Å². The van der Waals surface area contributed by atoms with E-state index in [-0.39, 0.29) is 11.4 Å². The Balaban J connectivity index is 2.11. The predicted molar refractivity (Wildman–Crippen MR) is 72.6 cm³/mol. The van der Waals surface area contributed by atoms with Crippen LogP contribution in [0.1, 0.15) is 0 Å². The first-order valence-corrected chi connectivity index (χ1v) is 5.81. The maximum absolute atomic E-state index is 13.7. The number of aromatic nitrogens is 1. The number of fused-ring (bicyclic) bond motifs is 1. The molecule has 0 bridgehead atoms. The summed E-state index contributed by atoms with van der Waals surface area (Å²) in [5.41, 5.74) is 6.78. The topological polar surface area (TPSA) is 48.1 Å². The van der Waals surface area contributed by atoms with E-state index < -0.39 is 5.82 Å². The van der Waals surface area contributed by atoms with E-state index in [0.29, 0.717) is 5.75 Å². The van der Waals surface area contributed by atoms with Crippen LogP contribution in [0.15, 0.2) is 54.7 Å². The molecule has 0 aliphatic rings. The number of pyridine rings is 1. The molecular formula is C15H11FN2O. The van der Waals surface area contributed by atoms with Crippen LogP contribution in [-0.4, -0.2) is 4.98 Å². The van der Waals surface area contributed by atoms with Crippen LogP contribution in [0.4, 0.5) is 10.1 Å². The van der Waals surface area contributed by atoms with E-state index in [4.69, 9.17) is 10.5 Å². The number of nitrogen functional groups attached to an aromatic ring is 1. The lowest BCUT2D eigenvalue weighted by molar-refractivity contribution is 0.448. The van der Waals surface area contributed by atoms with Gasteiger partial charge in [0.1, 0.15) is 5.75 Å². The fourth-order valence-corrected chi connectivity index (χ4v) is 1.90. The molecule has 3 aromatic rings. The van der Waals surface area contributed by atoms with Crippen LogP contribution in [0.2, 0.25) is 0 Å². The molecule has 0 spiro atoms. The highest BCUT2D eigenvalue weighted by Gasteiger charge is 2.10. The largest absolute Gasteiger partial charge is 0.451 e. The molecule has 0 unspecified atom stereocenters. The molecule has 2 aromatic carbocycles. The normalized spacial score (nSPS) is 10.6. The first-order valence-electron chi connectivity index (χ1n) is 5.81. The van der Waals surface area contributed by atoms with Crippen LogP contribution >= 0.6 is 0 Å². The third kappa shape index (κ3) is 2.08. The number of hydrogen-bond acceptors (Lipinski definition) is 3. The first-order chi connectivity index (χ1) is 9.25. The average molecular weight is 254 g/mol. The monoisotopic (exact) mass is 254 g/mol. The number of para-hydroxylation sites is 2. The Morgan fingerprint density at radius 1 is 1.00 bits per heavy atom. The second-order valence-electron chi connectivity index (χ2n) is 4.09. The van der Waals surface area contributed by atoms with Gasteiger partial charge < -0.3 is 10.5 Å². The number of anilines is 1. The van der Waals surface area contributed by atoms with E-state index in [1.165, 1.54) is 6.07 Å². The van der Waals surface area contributed by atoms with Crippen molar-refractivity contribution in [1.29, 1.82) is 0 Å². The fourth-order valence-electron chi connectivity index (χ4n) is 1.90. The Kier molecular flexibility index (Phi) is 2.76. The molecule has 0 saturated carbocycles. The van der Waals surface area contributed by atoms with Crippen molar-refractivity contribution in [1.82, 2.24) is 4.98 Å². The van der Waals surface area contributed by atoms with E-state index in [1.807, 2.05) is 24.3 Å². The minimum absolute atomic E-state index is 0.0406. The molecule has 1 aromatic heterocycles. The van der Waals surface area contributed by atoms with Gasteiger partial charge in [-0.05, 0) is 30.3 Å². The smallest absolute Gasteiger partial charge is 0.185 e. The van der Waals surface area contributed by atoms with E-state index in [0.717, 1.165) is 10.9 Å². The number of hydrogen-bond donors (Lipinski definition) is 1. The van der Waals surface area contributed by atoms with Crippen molar-refractivity contribution < 1.29 is 9.13 Å². The van der Waals surface area contributed by atoms with Crippen molar-refractivity contribution in [2.24, 2.45) is 0 Å². The van der Waals surface area contributed by atoms with Gasteiger partial charge in [0, 0.05) is 11.6 Å². The third-order valence-corrected chi connectivity index (χ3v) is 2.82. The predicted octanol–water partition coefficient (Wildman–Crippen LogP) is 3.75. The molecule has 0 radical (unpaired) electrons. The number of halogens is 1. The molecule has 0 amide bonds. The highest BCUT2D eigenvalue weighted by atomic mass is 19.1. The van der Waals surface area contributed by atoms with E-state index >= 15 is 0 Å². The quantitative estimate of drug-likeness (QED) is 0.708. The van der Waals surface area contributed by atoms with Gasteiger partial charge in [-0.1, -0.05) is 18.2 Å². The third-order valence-electron chi connectivity index (χ3n) is 2.82. The lowest BCUT2D eigenvalue weighted by atomic mass is 10.2. The summed E-state index contributed by atoms with van der Waals surface area (Å²) in [4.78, 5) is 4.22. The van der Waals surface area contributed by atoms with Crippen LogP contribution in [0.25, 0.3) is 10.9 Å². The minimum Gasteiger partial charge on any atom is -0.451 e. The van der Waals surface area contributed by atoms with Crippen molar-refractivity contribution in [3.63, 3.8) is 0 Å². The van der Waals surface area contributed by atoms with Gasteiger partial charge in [-0.15, -0.1) is 0 Å². The second kappa shape index (κ2) is 4.57. The van der Waals surface area contributed by atoms with Crippen molar-refractivity contribution in [3.05, 3.63) is 60.5 Å². The molecule has 0 aliphatic carbocycles. The molecule has 19 heavy (non-hydrogen) atoms. The fraction of sp³-hybridized carbons (Fsp3) is 0. The summed E-state index contributed by atoms with van der Waals surface area (Å²) in [5, 5.41) is 0.813. The molecule has 94 valence electrons. The Labute approximate surface area is 109 Å². The van der Waals surface area contributed by atoms with Crippen LogP contribution in [0, 0.1) is 5.82 Å². The van der Waals surface area contributed by atoms with E-state index in [1.54, 1.807) is 24.4 Å². The van der Waals surface area contributed by atoms with Crippen molar-refractivity contribution in [2.75, 3.05) is 5.73 Å². The van der Waals surface area contributed by atoms with Gasteiger partial charge in [-0.25, -0.2) is 4.39 Å². The minimum atomic E-state index is -0.485. The molecule has 1 heterocycles. The van der Waals surface area contributed by atoms with Crippen molar-refractivity contribution in [2.45, 2.75) is 0 Å².